The highest BCUT2D eigenvalue weighted by molar-refractivity contribution is 5.91. The highest BCUT2D eigenvalue weighted by Crippen LogP contribution is 2.47. The Balaban J connectivity index is 1.72. The summed E-state index contributed by atoms with van der Waals surface area (Å²) in [6.45, 7) is 4.90. The van der Waals surface area contributed by atoms with Gasteiger partial charge in [-0.25, -0.2) is 4.79 Å². The van der Waals surface area contributed by atoms with Crippen molar-refractivity contribution < 1.29 is 42.0 Å². The van der Waals surface area contributed by atoms with E-state index in [4.69, 9.17) is 18.9 Å². The van der Waals surface area contributed by atoms with Crippen molar-refractivity contribution in [1.82, 2.24) is 0 Å². The van der Waals surface area contributed by atoms with E-state index in [1.165, 1.54) is 32.2 Å². The number of carbonyl (C=O) groups is 1. The second kappa shape index (κ2) is 10.1. The molecule has 0 saturated carbocycles. The third kappa shape index (κ3) is 5.19. The topological polar surface area (TPSA) is 74.2 Å². The first-order chi connectivity index (χ1) is 18.4. The van der Waals surface area contributed by atoms with Gasteiger partial charge in [0.05, 0.1) is 11.1 Å². The fourth-order valence-corrected chi connectivity index (χ4v) is 5.62. The summed E-state index contributed by atoms with van der Waals surface area (Å²) in [7, 11) is 1.47. The number of hydrogen-bond acceptors (Lipinski definition) is 5. The lowest BCUT2D eigenvalue weighted by molar-refractivity contribution is -0.228. The third-order valence-electron chi connectivity index (χ3n) is 7.25. The molecule has 1 N–H and O–H groups in total. The Morgan fingerprint density at radius 1 is 0.974 bits per heavy atom. The number of carboxylic acid groups (broad SMARTS) is 1. The fourth-order valence-electron chi connectivity index (χ4n) is 5.62. The summed E-state index contributed by atoms with van der Waals surface area (Å²) < 4.78 is 64.9. The number of ether oxygens (including phenoxy) is 4. The molecule has 0 unspecified atom stereocenters. The summed E-state index contributed by atoms with van der Waals surface area (Å²) in [5, 5.41) is 10.2. The van der Waals surface area contributed by atoms with Crippen LogP contribution in [0.4, 0.5) is 13.2 Å². The van der Waals surface area contributed by atoms with Gasteiger partial charge in [-0.05, 0) is 66.8 Å². The standard InChI is InChI=1S/C30H29F3O6/c1-16-14-19(11-13-22(16)30(31,32)33)23(24-25-26(28(36-4)37-24)39-29(2,3)38-25)21-15-18(10-12-20(21)27(34)35)17-8-6-5-7-9-17/h5-15,23-26,28H,1-4H3,(H,34,35)/t23-,24-,25-,26-,28-/m1/s1. The molecule has 2 fully saturated rings. The number of aromatic carboxylic acids is 1. The van der Waals surface area contributed by atoms with Crippen LogP contribution in [0.15, 0.2) is 66.7 Å². The Morgan fingerprint density at radius 3 is 2.28 bits per heavy atom. The van der Waals surface area contributed by atoms with Gasteiger partial charge >= 0.3 is 12.1 Å². The van der Waals surface area contributed by atoms with Crippen molar-refractivity contribution in [1.29, 1.82) is 0 Å². The Morgan fingerprint density at radius 2 is 1.67 bits per heavy atom. The van der Waals surface area contributed by atoms with E-state index >= 15 is 0 Å². The van der Waals surface area contributed by atoms with E-state index in [-0.39, 0.29) is 11.1 Å². The minimum Gasteiger partial charge on any atom is -0.478 e. The van der Waals surface area contributed by atoms with Gasteiger partial charge < -0.3 is 24.1 Å². The molecular formula is C30H29F3O6. The molecule has 3 aromatic rings. The monoisotopic (exact) mass is 542 g/mol. The molecule has 6 nitrogen and oxygen atoms in total. The number of aryl methyl sites for hydroxylation is 1. The summed E-state index contributed by atoms with van der Waals surface area (Å²) in [4.78, 5) is 12.5. The highest BCUT2D eigenvalue weighted by Gasteiger charge is 2.58. The molecular weight excluding hydrogens is 513 g/mol. The first kappa shape index (κ1) is 27.3. The van der Waals surface area contributed by atoms with Gasteiger partial charge in [0.15, 0.2) is 12.1 Å². The van der Waals surface area contributed by atoms with Crippen molar-refractivity contribution in [3.8, 4) is 11.1 Å². The zero-order valence-electron chi connectivity index (χ0n) is 21.9. The molecule has 0 aromatic heterocycles. The van der Waals surface area contributed by atoms with Gasteiger partial charge in [0, 0.05) is 13.0 Å². The van der Waals surface area contributed by atoms with Gasteiger partial charge in [-0.1, -0.05) is 48.5 Å². The van der Waals surface area contributed by atoms with Crippen LogP contribution in [-0.4, -0.2) is 48.6 Å². The van der Waals surface area contributed by atoms with Gasteiger partial charge in [0.2, 0.25) is 0 Å². The Kier molecular flexibility index (Phi) is 7.05. The van der Waals surface area contributed by atoms with Gasteiger partial charge in [-0.3, -0.25) is 0 Å². The summed E-state index contributed by atoms with van der Waals surface area (Å²) in [6.07, 6.45) is -7.44. The lowest BCUT2D eigenvalue weighted by Gasteiger charge is -2.31. The second-order valence-electron chi connectivity index (χ2n) is 10.3. The largest absolute Gasteiger partial charge is 0.478 e. The van der Waals surface area contributed by atoms with Gasteiger partial charge in [0.1, 0.15) is 18.3 Å². The molecule has 2 saturated heterocycles. The molecule has 3 aromatic carbocycles. The van der Waals surface area contributed by atoms with Crippen molar-refractivity contribution in [3.63, 3.8) is 0 Å². The van der Waals surface area contributed by atoms with Crippen LogP contribution in [0.3, 0.4) is 0 Å². The van der Waals surface area contributed by atoms with Gasteiger partial charge in [-0.2, -0.15) is 13.2 Å². The van der Waals surface area contributed by atoms with E-state index in [0.717, 1.165) is 17.2 Å². The third-order valence-corrected chi connectivity index (χ3v) is 7.25. The maximum atomic E-state index is 13.6. The Hall–Kier alpha value is -3.24. The smallest absolute Gasteiger partial charge is 0.416 e. The van der Waals surface area contributed by atoms with Crippen LogP contribution in [0.1, 0.15) is 52.4 Å². The fraction of sp³-hybridized carbons (Fsp3) is 0.367. The summed E-state index contributed by atoms with van der Waals surface area (Å²) >= 11 is 0. The number of carboxylic acids is 1. The van der Waals surface area contributed by atoms with E-state index in [2.05, 4.69) is 0 Å². The van der Waals surface area contributed by atoms with Crippen LogP contribution in [0, 0.1) is 6.92 Å². The molecule has 206 valence electrons. The van der Waals surface area contributed by atoms with Crippen molar-refractivity contribution in [3.05, 3.63) is 94.5 Å². The predicted octanol–water partition coefficient (Wildman–Crippen LogP) is 6.40. The lowest BCUT2D eigenvalue weighted by Crippen LogP contribution is -2.35. The average Bonchev–Trinajstić information content (AvgIpc) is 3.36. The Labute approximate surface area is 224 Å². The predicted molar refractivity (Wildman–Crippen MR) is 136 cm³/mol. The minimum atomic E-state index is -4.53. The Bertz CT molecular complexity index is 1370. The molecule has 5 atom stereocenters. The number of benzene rings is 3. The SMILES string of the molecule is CO[C@@H]1O[C@H]([C@H](c2ccc(C(F)(F)F)c(C)c2)c2cc(-c3ccccc3)ccc2C(=O)O)[C@H]2OC(C)(C)O[C@@H]12. The first-order valence-electron chi connectivity index (χ1n) is 12.5. The first-order valence-corrected chi connectivity index (χ1v) is 12.5. The second-order valence-corrected chi connectivity index (χ2v) is 10.3. The molecule has 39 heavy (non-hydrogen) atoms. The molecule has 2 aliphatic heterocycles. The quantitative estimate of drug-likeness (QED) is 0.389. The molecule has 2 heterocycles. The number of hydrogen-bond donors (Lipinski definition) is 1. The van der Waals surface area contributed by atoms with Crippen molar-refractivity contribution in [2.24, 2.45) is 0 Å². The van der Waals surface area contributed by atoms with Crippen LogP contribution in [-0.2, 0) is 25.1 Å². The van der Waals surface area contributed by atoms with E-state index in [1.54, 1.807) is 26.0 Å². The molecule has 0 bridgehead atoms. The molecule has 0 amide bonds. The number of rotatable bonds is 6. The van der Waals surface area contributed by atoms with Crippen molar-refractivity contribution in [2.75, 3.05) is 7.11 Å². The number of methoxy groups -OCH3 is 1. The molecule has 0 radical (unpaired) electrons. The zero-order chi connectivity index (χ0) is 28.1. The van der Waals surface area contributed by atoms with E-state index in [9.17, 15) is 23.1 Å². The van der Waals surface area contributed by atoms with Gasteiger partial charge in [0.25, 0.3) is 0 Å². The number of alkyl halides is 3. The molecule has 2 aliphatic rings. The number of halogens is 3. The highest BCUT2D eigenvalue weighted by atomic mass is 19.4. The van der Waals surface area contributed by atoms with Gasteiger partial charge in [-0.15, -0.1) is 0 Å². The molecule has 9 heteroatoms. The summed E-state index contributed by atoms with van der Waals surface area (Å²) in [5.74, 6) is -2.94. The minimum absolute atomic E-state index is 0.0106. The van der Waals surface area contributed by atoms with E-state index in [1.807, 2.05) is 30.3 Å². The maximum Gasteiger partial charge on any atom is 0.416 e. The molecule has 0 spiro atoms. The molecule has 5 rings (SSSR count). The van der Waals surface area contributed by atoms with E-state index < -0.39 is 54.0 Å². The maximum absolute atomic E-state index is 13.6. The normalized spacial score (nSPS) is 24.9. The van der Waals surface area contributed by atoms with Crippen LogP contribution in [0.25, 0.3) is 11.1 Å². The van der Waals surface area contributed by atoms with Crippen LogP contribution < -0.4 is 0 Å². The summed E-state index contributed by atoms with van der Waals surface area (Å²) in [6, 6.07) is 18.2. The lowest BCUT2D eigenvalue weighted by atomic mass is 9.80. The average molecular weight is 543 g/mol. The van der Waals surface area contributed by atoms with Crippen LogP contribution in [0.2, 0.25) is 0 Å². The summed E-state index contributed by atoms with van der Waals surface area (Å²) in [5.41, 5.74) is 1.73. The van der Waals surface area contributed by atoms with Crippen LogP contribution >= 0.6 is 0 Å². The van der Waals surface area contributed by atoms with Crippen molar-refractivity contribution >= 4 is 5.97 Å². The van der Waals surface area contributed by atoms with Crippen LogP contribution in [0.5, 0.6) is 0 Å². The van der Waals surface area contributed by atoms with E-state index in [0.29, 0.717) is 11.1 Å². The number of fused-ring (bicyclic) bond motifs is 1. The zero-order valence-corrected chi connectivity index (χ0v) is 21.9. The van der Waals surface area contributed by atoms with Crippen molar-refractivity contribution in [2.45, 2.75) is 63.3 Å². The molecule has 0 aliphatic carbocycles.